The van der Waals surface area contributed by atoms with Crippen molar-refractivity contribution in [1.29, 1.82) is 0 Å². The molecule has 0 spiro atoms. The van der Waals surface area contributed by atoms with Gasteiger partial charge < -0.3 is 24.5 Å². The Bertz CT molecular complexity index is 962. The molecule has 1 saturated heterocycles. The van der Waals surface area contributed by atoms with Gasteiger partial charge in [-0.15, -0.1) is 0 Å². The Hall–Kier alpha value is -2.15. The third kappa shape index (κ3) is 1.98. The zero-order valence-corrected chi connectivity index (χ0v) is 15.6. The summed E-state index contributed by atoms with van der Waals surface area (Å²) in [6.45, 7) is 3.20. The molecule has 3 aliphatic heterocycles. The number of rotatable bonds is 1. The van der Waals surface area contributed by atoms with Crippen molar-refractivity contribution >= 4 is 16.9 Å². The number of methoxy groups -OCH3 is 1. The van der Waals surface area contributed by atoms with Gasteiger partial charge in [0.25, 0.3) is 0 Å². The third-order valence-corrected chi connectivity index (χ3v) is 6.60. The van der Waals surface area contributed by atoms with Gasteiger partial charge in [-0.2, -0.15) is 0 Å². The molecule has 142 valence electrons. The smallest absolute Gasteiger partial charge is 0.338 e. The maximum atomic E-state index is 13.3. The molecule has 1 fully saturated rings. The standard InChI is InChI=1S/C21H24N2O4/c1-3-12-11-27-20(25)21(19(24)26-2)15(12)10-16-18-14(8-9-22-16)13-6-4-5-7-17(13)23(18)21/h3-7,15-16,20,22,25H,8-11H2,1-2H3/b12-3-/t15-,16-,20?,21+/m0/s1. The minimum Gasteiger partial charge on any atom is -0.467 e. The summed E-state index contributed by atoms with van der Waals surface area (Å²) in [7, 11) is 1.38. The number of aliphatic hydroxyl groups excluding tert-OH is 1. The molecule has 0 aliphatic carbocycles. The van der Waals surface area contributed by atoms with Crippen molar-refractivity contribution in [3.8, 4) is 0 Å². The fourth-order valence-electron chi connectivity index (χ4n) is 5.49. The van der Waals surface area contributed by atoms with Crippen LogP contribution in [0.5, 0.6) is 0 Å². The van der Waals surface area contributed by atoms with E-state index in [9.17, 15) is 9.90 Å². The summed E-state index contributed by atoms with van der Waals surface area (Å²) in [4.78, 5) is 13.3. The number of hydrogen-bond acceptors (Lipinski definition) is 5. The summed E-state index contributed by atoms with van der Waals surface area (Å²) in [6, 6.07) is 8.26. The lowest BCUT2D eigenvalue weighted by Crippen LogP contribution is -2.64. The topological polar surface area (TPSA) is 72.7 Å². The molecule has 5 rings (SSSR count). The van der Waals surface area contributed by atoms with E-state index in [1.807, 2.05) is 35.8 Å². The second-order valence-electron chi connectivity index (χ2n) is 7.61. The van der Waals surface area contributed by atoms with E-state index in [1.54, 1.807) is 0 Å². The van der Waals surface area contributed by atoms with Gasteiger partial charge in [0.2, 0.25) is 0 Å². The number of aromatic nitrogens is 1. The number of esters is 1. The normalized spacial score (nSPS) is 33.6. The molecule has 1 unspecified atom stereocenters. The quantitative estimate of drug-likeness (QED) is 0.595. The number of benzene rings is 1. The van der Waals surface area contributed by atoms with Crippen LogP contribution in [0.1, 0.15) is 30.6 Å². The number of nitrogens with one attached hydrogen (secondary N) is 1. The van der Waals surface area contributed by atoms with E-state index in [0.717, 1.165) is 41.6 Å². The number of para-hydroxylation sites is 1. The largest absolute Gasteiger partial charge is 0.467 e. The maximum Gasteiger partial charge on any atom is 0.338 e. The molecule has 4 heterocycles. The highest BCUT2D eigenvalue weighted by Gasteiger charge is 2.62. The Balaban J connectivity index is 1.92. The molecule has 0 radical (unpaired) electrons. The lowest BCUT2D eigenvalue weighted by atomic mass is 9.69. The van der Waals surface area contributed by atoms with Gasteiger partial charge in [-0.25, -0.2) is 4.79 Å². The van der Waals surface area contributed by atoms with Crippen LogP contribution in [0.2, 0.25) is 0 Å². The first-order valence-electron chi connectivity index (χ1n) is 9.53. The fraction of sp³-hybridized carbons (Fsp3) is 0.476. The Morgan fingerprint density at radius 2 is 2.26 bits per heavy atom. The zero-order chi connectivity index (χ0) is 18.8. The predicted molar refractivity (Wildman–Crippen MR) is 100 cm³/mol. The van der Waals surface area contributed by atoms with Gasteiger partial charge in [-0.3, -0.25) is 0 Å². The second-order valence-corrected chi connectivity index (χ2v) is 7.61. The lowest BCUT2D eigenvalue weighted by Gasteiger charge is -2.52. The van der Waals surface area contributed by atoms with Crippen LogP contribution in [0, 0.1) is 5.92 Å². The van der Waals surface area contributed by atoms with Crippen LogP contribution in [0.15, 0.2) is 35.9 Å². The second kappa shape index (κ2) is 5.92. The number of allylic oxidation sites excluding steroid dienone is 1. The third-order valence-electron chi connectivity index (χ3n) is 6.60. The van der Waals surface area contributed by atoms with Crippen LogP contribution < -0.4 is 5.32 Å². The molecular formula is C21H24N2O4. The molecule has 1 aromatic heterocycles. The molecule has 27 heavy (non-hydrogen) atoms. The van der Waals surface area contributed by atoms with E-state index >= 15 is 0 Å². The average Bonchev–Trinajstić information content (AvgIpc) is 3.05. The monoisotopic (exact) mass is 368 g/mol. The predicted octanol–water partition coefficient (Wildman–Crippen LogP) is 2.01. The minimum absolute atomic E-state index is 0.143. The van der Waals surface area contributed by atoms with Gasteiger partial charge in [0.15, 0.2) is 11.8 Å². The molecule has 2 aromatic rings. The van der Waals surface area contributed by atoms with Crippen molar-refractivity contribution in [2.75, 3.05) is 20.3 Å². The highest BCUT2D eigenvalue weighted by molar-refractivity contribution is 5.91. The van der Waals surface area contributed by atoms with E-state index in [-0.39, 0.29) is 12.0 Å². The number of fused-ring (bicyclic) bond motifs is 5. The number of hydrogen-bond donors (Lipinski definition) is 2. The molecule has 4 atom stereocenters. The Labute approximate surface area is 157 Å². The summed E-state index contributed by atoms with van der Waals surface area (Å²) in [5.74, 6) is -0.642. The minimum atomic E-state index is -1.31. The van der Waals surface area contributed by atoms with Crippen LogP contribution in [0.4, 0.5) is 0 Å². The highest BCUT2D eigenvalue weighted by atomic mass is 16.6. The van der Waals surface area contributed by atoms with Crippen molar-refractivity contribution in [1.82, 2.24) is 9.88 Å². The summed E-state index contributed by atoms with van der Waals surface area (Å²) in [6.07, 6.45) is 2.38. The maximum absolute atomic E-state index is 13.3. The molecule has 1 aromatic carbocycles. The van der Waals surface area contributed by atoms with Crippen molar-refractivity contribution < 1.29 is 19.4 Å². The Kier molecular flexibility index (Phi) is 3.73. The van der Waals surface area contributed by atoms with E-state index in [0.29, 0.717) is 6.61 Å². The molecule has 6 nitrogen and oxygen atoms in total. The number of nitrogens with zero attached hydrogens (tertiary/aromatic N) is 1. The first-order valence-corrected chi connectivity index (χ1v) is 9.53. The summed E-state index contributed by atoms with van der Waals surface area (Å²) in [5.41, 5.74) is 3.02. The molecule has 0 saturated carbocycles. The first kappa shape index (κ1) is 17.0. The molecule has 0 bridgehead atoms. The van der Waals surface area contributed by atoms with Gasteiger partial charge in [-0.1, -0.05) is 24.3 Å². The average molecular weight is 368 g/mol. The summed E-state index contributed by atoms with van der Waals surface area (Å²) >= 11 is 0. The Morgan fingerprint density at radius 1 is 1.44 bits per heavy atom. The van der Waals surface area contributed by atoms with E-state index < -0.39 is 17.8 Å². The van der Waals surface area contributed by atoms with Crippen LogP contribution in [0.3, 0.4) is 0 Å². The van der Waals surface area contributed by atoms with Crippen molar-refractivity contribution in [2.24, 2.45) is 5.92 Å². The number of carbonyl (C=O) groups excluding carboxylic acids is 1. The molecular weight excluding hydrogens is 344 g/mol. The Morgan fingerprint density at radius 3 is 3.04 bits per heavy atom. The number of carbonyl (C=O) groups is 1. The molecule has 3 aliphatic rings. The van der Waals surface area contributed by atoms with Gasteiger partial charge in [0, 0.05) is 28.6 Å². The van der Waals surface area contributed by atoms with Crippen LogP contribution in [0.25, 0.3) is 10.9 Å². The molecule has 6 heteroatoms. The molecule has 2 N–H and O–H groups in total. The van der Waals surface area contributed by atoms with Crippen LogP contribution in [-0.4, -0.2) is 42.2 Å². The molecule has 0 amide bonds. The first-order chi connectivity index (χ1) is 13.1. The zero-order valence-electron chi connectivity index (χ0n) is 15.6. The number of aliphatic hydroxyl groups is 1. The fourth-order valence-corrected chi connectivity index (χ4v) is 5.49. The number of ether oxygens (including phenoxy) is 2. The van der Waals surface area contributed by atoms with Crippen LogP contribution in [-0.2, 0) is 26.2 Å². The van der Waals surface area contributed by atoms with Crippen molar-refractivity contribution in [3.63, 3.8) is 0 Å². The van der Waals surface area contributed by atoms with Crippen molar-refractivity contribution in [3.05, 3.63) is 47.2 Å². The van der Waals surface area contributed by atoms with E-state index in [1.165, 1.54) is 12.7 Å². The van der Waals surface area contributed by atoms with Gasteiger partial charge >= 0.3 is 5.97 Å². The van der Waals surface area contributed by atoms with Crippen molar-refractivity contribution in [2.45, 2.75) is 37.6 Å². The van der Waals surface area contributed by atoms with Gasteiger partial charge in [-0.05, 0) is 43.5 Å². The summed E-state index contributed by atoms with van der Waals surface area (Å²) in [5, 5.41) is 15.8. The lowest BCUT2D eigenvalue weighted by molar-refractivity contribution is -0.219. The van der Waals surface area contributed by atoms with Gasteiger partial charge in [0.1, 0.15) is 0 Å². The SMILES string of the molecule is C/C=C1/COC(O)[C@]2(C(=O)OC)[C@H]1C[C@@H]1NCCc3c1n2c1ccccc31. The van der Waals surface area contributed by atoms with E-state index in [2.05, 4.69) is 11.4 Å². The van der Waals surface area contributed by atoms with Gasteiger partial charge in [0.05, 0.1) is 13.7 Å². The van der Waals surface area contributed by atoms with Crippen LogP contribution >= 0.6 is 0 Å². The summed E-state index contributed by atoms with van der Waals surface area (Å²) < 4.78 is 13.0. The van der Waals surface area contributed by atoms with E-state index in [4.69, 9.17) is 9.47 Å². The highest BCUT2D eigenvalue weighted by Crippen LogP contribution is 2.53.